The second kappa shape index (κ2) is 7.56. The van der Waals surface area contributed by atoms with E-state index in [9.17, 15) is 4.39 Å². The van der Waals surface area contributed by atoms with Gasteiger partial charge in [-0.15, -0.1) is 12.4 Å². The second-order valence-corrected chi connectivity index (χ2v) is 6.60. The van der Waals surface area contributed by atoms with E-state index in [1.165, 1.54) is 17.7 Å². The topological polar surface area (TPSA) is 42.4 Å². The molecule has 1 aliphatic heterocycles. The van der Waals surface area contributed by atoms with Crippen LogP contribution in [0.2, 0.25) is 0 Å². The van der Waals surface area contributed by atoms with Gasteiger partial charge < -0.3 is 10.2 Å². The number of nitrogens with zero attached hydrogens (tertiary/aromatic N) is 1. The fourth-order valence-corrected chi connectivity index (χ4v) is 3.77. The Morgan fingerprint density at radius 1 is 1.08 bits per heavy atom. The number of hydrogen-bond acceptors (Lipinski definition) is 3. The third kappa shape index (κ3) is 3.71. The van der Waals surface area contributed by atoms with Gasteiger partial charge in [0.1, 0.15) is 17.2 Å². The van der Waals surface area contributed by atoms with Gasteiger partial charge in [0.2, 0.25) is 0 Å². The molecule has 2 N–H and O–H groups in total. The Bertz CT molecular complexity index is 836. The maximum Gasteiger partial charge on any atom is 0.134 e. The minimum atomic E-state index is -0.233. The molecule has 0 saturated carbocycles. The summed E-state index contributed by atoms with van der Waals surface area (Å²) in [6.07, 6.45) is 0. The van der Waals surface area contributed by atoms with Crippen molar-refractivity contribution >= 4 is 23.4 Å². The van der Waals surface area contributed by atoms with Gasteiger partial charge in [-0.25, -0.2) is 4.39 Å². The molecule has 3 aromatic rings. The smallest absolute Gasteiger partial charge is 0.134 e. The van der Waals surface area contributed by atoms with E-state index in [1.807, 2.05) is 12.1 Å². The SMILES string of the molecule is Cl.NC[C@@H]1CN(Cc2cc3cc(F)ccc3o2)C[C@H]1c1ccccc1. The number of furan rings is 1. The Morgan fingerprint density at radius 2 is 1.88 bits per heavy atom. The van der Waals surface area contributed by atoms with Gasteiger partial charge in [-0.1, -0.05) is 30.3 Å². The summed E-state index contributed by atoms with van der Waals surface area (Å²) >= 11 is 0. The number of nitrogens with two attached hydrogens (primary N) is 1. The fourth-order valence-electron chi connectivity index (χ4n) is 3.77. The lowest BCUT2D eigenvalue weighted by molar-refractivity contribution is 0.290. The van der Waals surface area contributed by atoms with Crippen LogP contribution in [0.4, 0.5) is 4.39 Å². The molecule has 4 rings (SSSR count). The van der Waals surface area contributed by atoms with E-state index >= 15 is 0 Å². The Kier molecular flexibility index (Phi) is 5.42. The van der Waals surface area contributed by atoms with Crippen molar-refractivity contribution in [2.24, 2.45) is 11.7 Å². The van der Waals surface area contributed by atoms with Gasteiger partial charge >= 0.3 is 0 Å². The van der Waals surface area contributed by atoms with Crippen LogP contribution < -0.4 is 5.73 Å². The standard InChI is InChI=1S/C20H21FN2O.ClH/c21-17-6-7-20-15(8-17)9-18(24-20)12-23-11-16(10-22)19(13-23)14-4-2-1-3-5-14;/h1-9,16,19H,10-13,22H2;1H/t16-,19+;/m1./s1. The van der Waals surface area contributed by atoms with E-state index in [-0.39, 0.29) is 18.2 Å². The van der Waals surface area contributed by atoms with Crippen molar-refractivity contribution in [1.29, 1.82) is 0 Å². The average Bonchev–Trinajstić information content (AvgIpc) is 3.18. The van der Waals surface area contributed by atoms with Crippen LogP contribution in [0.3, 0.4) is 0 Å². The lowest BCUT2D eigenvalue weighted by Crippen LogP contribution is -2.23. The monoisotopic (exact) mass is 360 g/mol. The third-order valence-corrected chi connectivity index (χ3v) is 4.96. The van der Waals surface area contributed by atoms with Crippen molar-refractivity contribution in [1.82, 2.24) is 4.90 Å². The van der Waals surface area contributed by atoms with Gasteiger partial charge in [-0.3, -0.25) is 4.90 Å². The minimum absolute atomic E-state index is 0. The summed E-state index contributed by atoms with van der Waals surface area (Å²) in [5.41, 5.74) is 8.09. The highest BCUT2D eigenvalue weighted by molar-refractivity contribution is 5.85. The van der Waals surface area contributed by atoms with E-state index in [2.05, 4.69) is 29.2 Å². The normalized spacial score (nSPS) is 20.7. The Morgan fingerprint density at radius 3 is 2.64 bits per heavy atom. The zero-order chi connectivity index (χ0) is 16.5. The zero-order valence-corrected chi connectivity index (χ0v) is 14.7. The molecule has 2 atom stereocenters. The summed E-state index contributed by atoms with van der Waals surface area (Å²) < 4.78 is 19.2. The van der Waals surface area contributed by atoms with Gasteiger partial charge in [0.15, 0.2) is 0 Å². The van der Waals surface area contributed by atoms with Crippen molar-refractivity contribution < 1.29 is 8.81 Å². The van der Waals surface area contributed by atoms with Crippen LogP contribution in [0.25, 0.3) is 11.0 Å². The van der Waals surface area contributed by atoms with Crippen LogP contribution in [0, 0.1) is 11.7 Å². The lowest BCUT2D eigenvalue weighted by atomic mass is 9.89. The molecule has 1 fully saturated rings. The quantitative estimate of drug-likeness (QED) is 0.759. The first-order valence-electron chi connectivity index (χ1n) is 8.38. The molecule has 132 valence electrons. The van der Waals surface area contributed by atoms with E-state index in [4.69, 9.17) is 10.2 Å². The van der Waals surface area contributed by atoms with Crippen LogP contribution in [0.15, 0.2) is 59.0 Å². The van der Waals surface area contributed by atoms with Gasteiger partial charge in [0.05, 0.1) is 6.54 Å². The molecule has 1 aromatic heterocycles. The largest absolute Gasteiger partial charge is 0.460 e. The van der Waals surface area contributed by atoms with Crippen LogP contribution in [-0.4, -0.2) is 24.5 Å². The van der Waals surface area contributed by atoms with E-state index in [1.54, 1.807) is 6.07 Å². The van der Waals surface area contributed by atoms with Crippen molar-refractivity contribution in [2.45, 2.75) is 12.5 Å². The molecular formula is C20H22ClFN2O. The predicted molar refractivity (Wildman–Crippen MR) is 100 cm³/mol. The first-order chi connectivity index (χ1) is 11.7. The molecule has 0 spiro atoms. The Labute approximate surface area is 153 Å². The molecule has 0 bridgehead atoms. The minimum Gasteiger partial charge on any atom is -0.460 e. The van der Waals surface area contributed by atoms with Gasteiger partial charge in [0.25, 0.3) is 0 Å². The summed E-state index contributed by atoms with van der Waals surface area (Å²) in [6.45, 7) is 3.34. The van der Waals surface area contributed by atoms with Crippen LogP contribution in [0.5, 0.6) is 0 Å². The molecule has 0 radical (unpaired) electrons. The number of rotatable bonds is 4. The van der Waals surface area contributed by atoms with Crippen molar-refractivity contribution in [2.75, 3.05) is 19.6 Å². The molecule has 0 amide bonds. The van der Waals surface area contributed by atoms with Crippen molar-refractivity contribution in [3.63, 3.8) is 0 Å². The Hall–Kier alpha value is -1.88. The first kappa shape index (κ1) is 17.9. The zero-order valence-electron chi connectivity index (χ0n) is 13.9. The summed E-state index contributed by atoms with van der Waals surface area (Å²) in [5.74, 6) is 1.55. The molecule has 1 saturated heterocycles. The number of hydrogen-bond donors (Lipinski definition) is 1. The number of halogens is 2. The summed E-state index contributed by atoms with van der Waals surface area (Å²) in [5, 5.41) is 0.819. The Balaban J connectivity index is 0.00000182. The van der Waals surface area contributed by atoms with E-state index < -0.39 is 0 Å². The van der Waals surface area contributed by atoms with Gasteiger partial charge in [-0.2, -0.15) is 0 Å². The molecule has 0 unspecified atom stereocenters. The summed E-state index contributed by atoms with van der Waals surface area (Å²) in [4.78, 5) is 2.38. The molecule has 2 heterocycles. The molecule has 25 heavy (non-hydrogen) atoms. The number of benzene rings is 2. The van der Waals surface area contributed by atoms with Crippen LogP contribution >= 0.6 is 12.4 Å². The number of likely N-dealkylation sites (tertiary alicyclic amines) is 1. The van der Waals surface area contributed by atoms with E-state index in [0.29, 0.717) is 18.4 Å². The van der Waals surface area contributed by atoms with Crippen molar-refractivity contribution in [3.8, 4) is 0 Å². The predicted octanol–water partition coefficient (Wildman–Crippen LogP) is 4.17. The molecular weight excluding hydrogens is 339 g/mol. The highest BCUT2D eigenvalue weighted by Gasteiger charge is 2.33. The second-order valence-electron chi connectivity index (χ2n) is 6.60. The maximum atomic E-state index is 13.3. The highest BCUT2D eigenvalue weighted by Crippen LogP contribution is 2.33. The van der Waals surface area contributed by atoms with Crippen LogP contribution in [0.1, 0.15) is 17.2 Å². The first-order valence-corrected chi connectivity index (χ1v) is 8.38. The molecule has 0 aliphatic carbocycles. The lowest BCUT2D eigenvalue weighted by Gasteiger charge is -2.16. The van der Waals surface area contributed by atoms with Crippen molar-refractivity contribution in [3.05, 3.63) is 71.7 Å². The maximum absolute atomic E-state index is 13.3. The fraction of sp³-hybridized carbons (Fsp3) is 0.300. The third-order valence-electron chi connectivity index (χ3n) is 4.96. The summed E-state index contributed by atoms with van der Waals surface area (Å²) in [7, 11) is 0. The number of fused-ring (bicyclic) bond motifs is 1. The molecule has 1 aliphatic rings. The van der Waals surface area contributed by atoms with Gasteiger partial charge in [0, 0.05) is 24.4 Å². The molecule has 5 heteroatoms. The molecule has 3 nitrogen and oxygen atoms in total. The summed E-state index contributed by atoms with van der Waals surface area (Å²) in [6, 6.07) is 17.1. The highest BCUT2D eigenvalue weighted by atomic mass is 35.5. The van der Waals surface area contributed by atoms with Gasteiger partial charge in [-0.05, 0) is 42.3 Å². The van der Waals surface area contributed by atoms with E-state index in [0.717, 1.165) is 36.4 Å². The average molecular weight is 361 g/mol. The molecule has 2 aromatic carbocycles. The van der Waals surface area contributed by atoms with Crippen LogP contribution in [-0.2, 0) is 6.54 Å².